The van der Waals surface area contributed by atoms with Gasteiger partial charge in [0.2, 0.25) is 11.4 Å². The van der Waals surface area contributed by atoms with E-state index in [-0.39, 0.29) is 24.6 Å². The molecule has 0 spiro atoms. The van der Waals surface area contributed by atoms with Crippen LogP contribution in [0.3, 0.4) is 0 Å². The number of Topliss-reactive ketones (excluding diaryl/α,β-unsaturated/α-hetero) is 1. The number of rotatable bonds is 10. The first-order valence-electron chi connectivity index (χ1n) is 7.85. The van der Waals surface area contributed by atoms with Crippen molar-refractivity contribution in [2.24, 2.45) is 0 Å². The predicted molar refractivity (Wildman–Crippen MR) is 92.5 cm³/mol. The summed E-state index contributed by atoms with van der Waals surface area (Å²) in [4.78, 5) is 36.8. The minimum atomic E-state index is -4.32. The average molecular weight is 404 g/mol. The van der Waals surface area contributed by atoms with E-state index < -0.39 is 36.1 Å². The summed E-state index contributed by atoms with van der Waals surface area (Å²) in [6.45, 7) is 2.67. The quantitative estimate of drug-likeness (QED) is 0.165. The Kier molecular flexibility index (Phi) is 8.70. The number of hydrogen-bond donors (Lipinski definition) is 3. The molecule has 0 aliphatic carbocycles. The number of ether oxygens (including phenoxy) is 1. The van der Waals surface area contributed by atoms with Crippen molar-refractivity contribution in [2.45, 2.75) is 19.5 Å². The maximum Gasteiger partial charge on any atom is 0.353 e. The molecule has 1 amide bonds. The summed E-state index contributed by atoms with van der Waals surface area (Å²) in [5.41, 5.74) is -2.23. The van der Waals surface area contributed by atoms with Gasteiger partial charge in [0.25, 0.3) is 5.91 Å². The third-order valence-corrected chi connectivity index (χ3v) is 5.51. The van der Waals surface area contributed by atoms with Gasteiger partial charge in [-0.3, -0.25) is 18.9 Å². The van der Waals surface area contributed by atoms with Crippen LogP contribution in [0.25, 0.3) is 0 Å². The Morgan fingerprint density at radius 1 is 1.26 bits per heavy atom. The molecule has 2 atom stereocenters. The van der Waals surface area contributed by atoms with Crippen molar-refractivity contribution < 1.29 is 43.2 Å². The fourth-order valence-electron chi connectivity index (χ4n) is 2.08. The van der Waals surface area contributed by atoms with E-state index in [9.17, 15) is 24.2 Å². The lowest BCUT2D eigenvalue weighted by atomic mass is 10.2. The van der Waals surface area contributed by atoms with Crippen LogP contribution in [0, 0.1) is 5.21 Å². The zero-order valence-corrected chi connectivity index (χ0v) is 15.9. The number of hydrogen-bond acceptors (Lipinski definition) is 9. The molecule has 0 saturated heterocycles. The molecule has 0 bridgehead atoms. The molecule has 1 aromatic rings. The van der Waals surface area contributed by atoms with Crippen molar-refractivity contribution in [3.8, 4) is 0 Å². The second-order valence-electron chi connectivity index (χ2n) is 5.01. The summed E-state index contributed by atoms with van der Waals surface area (Å²) in [5, 5.41) is 20.9. The Hall–Kier alpha value is -2.14. The van der Waals surface area contributed by atoms with Crippen molar-refractivity contribution in [3.05, 3.63) is 29.5 Å². The molecule has 0 fully saturated rings. The molecule has 12 heteroatoms. The molecule has 3 N–H and O–H groups in total. The molecule has 1 rings (SSSR count). The van der Waals surface area contributed by atoms with E-state index >= 15 is 0 Å². The van der Waals surface area contributed by atoms with Gasteiger partial charge in [0.05, 0.1) is 20.3 Å². The van der Waals surface area contributed by atoms with Crippen LogP contribution in [-0.2, 0) is 32.7 Å². The second kappa shape index (κ2) is 10.3. The summed E-state index contributed by atoms with van der Waals surface area (Å²) in [6, 6.07) is 5.10. The summed E-state index contributed by atoms with van der Waals surface area (Å²) in [5.74, 6) is -3.94. The highest BCUT2D eigenvalue weighted by molar-refractivity contribution is 7.57. The van der Waals surface area contributed by atoms with Crippen LogP contribution in [0.4, 0.5) is 11.4 Å². The van der Waals surface area contributed by atoms with E-state index in [0.29, 0.717) is 0 Å². The third kappa shape index (κ3) is 5.93. The number of methoxy groups -OCH3 is 1. The van der Waals surface area contributed by atoms with Crippen molar-refractivity contribution in [2.75, 3.05) is 25.6 Å². The molecule has 150 valence electrons. The number of nitrogens with one attached hydrogen (secondary N) is 2. The first kappa shape index (κ1) is 22.9. The molecule has 11 nitrogen and oxygen atoms in total. The Balaban J connectivity index is 3.14. The van der Waals surface area contributed by atoms with Gasteiger partial charge in [-0.05, 0) is 19.9 Å². The van der Waals surface area contributed by atoms with Crippen molar-refractivity contribution in [3.63, 3.8) is 0 Å². The summed E-state index contributed by atoms with van der Waals surface area (Å²) in [7, 11) is -3.36. The van der Waals surface area contributed by atoms with Crippen LogP contribution >= 0.6 is 7.60 Å². The van der Waals surface area contributed by atoms with Gasteiger partial charge in [0.1, 0.15) is 0 Å². The molecule has 0 aliphatic heterocycles. The number of quaternary nitrogens is 1. The molecule has 0 saturated carbocycles. The van der Waals surface area contributed by atoms with E-state index in [4.69, 9.17) is 14.3 Å². The number of carbonyl (C=O) groups excluding carboxylic acids is 3. The van der Waals surface area contributed by atoms with Gasteiger partial charge in [-0.15, -0.1) is 0 Å². The first-order valence-corrected chi connectivity index (χ1v) is 9.46. The summed E-state index contributed by atoms with van der Waals surface area (Å²) < 4.78 is 27.3. The van der Waals surface area contributed by atoms with Crippen LogP contribution in [0.2, 0.25) is 0 Å². The van der Waals surface area contributed by atoms with Gasteiger partial charge in [-0.2, -0.15) is 5.23 Å². The maximum atomic E-state index is 12.8. The number of carbonyl (C=O) groups is 3. The first-order chi connectivity index (χ1) is 12.7. The monoisotopic (exact) mass is 404 g/mol. The van der Waals surface area contributed by atoms with Crippen LogP contribution in [0.1, 0.15) is 13.8 Å². The van der Waals surface area contributed by atoms with Crippen molar-refractivity contribution in [1.82, 2.24) is 0 Å². The van der Waals surface area contributed by atoms with Gasteiger partial charge in [-0.25, -0.2) is 5.21 Å². The zero-order chi connectivity index (χ0) is 20.6. The number of amides is 1. The largest absolute Gasteiger partial charge is 0.595 e. The lowest BCUT2D eigenvalue weighted by Gasteiger charge is -2.23. The summed E-state index contributed by atoms with van der Waals surface area (Å²) in [6.07, 6.45) is 0. The molecule has 0 radical (unpaired) electrons. The fraction of sp³-hybridized carbons (Fsp3) is 0.400. The van der Waals surface area contributed by atoms with Crippen LogP contribution in [-0.4, -0.2) is 48.8 Å². The van der Waals surface area contributed by atoms with Gasteiger partial charge in [-0.1, -0.05) is 6.07 Å². The van der Waals surface area contributed by atoms with Crippen LogP contribution < -0.4 is 10.5 Å². The van der Waals surface area contributed by atoms with E-state index in [1.54, 1.807) is 0 Å². The van der Waals surface area contributed by atoms with Gasteiger partial charge >= 0.3 is 13.6 Å². The summed E-state index contributed by atoms with van der Waals surface area (Å²) >= 11 is 0. The Bertz CT molecular complexity index is 728. The van der Waals surface area contributed by atoms with E-state index in [0.717, 1.165) is 13.2 Å². The molecule has 0 heterocycles. The second-order valence-corrected chi connectivity index (χ2v) is 7.12. The molecule has 0 aliphatic rings. The normalized spacial score (nSPS) is 13.5. The molecular weight excluding hydrogens is 383 g/mol. The number of ketones is 1. The smallest absolute Gasteiger partial charge is 0.353 e. The Morgan fingerprint density at radius 2 is 1.85 bits per heavy atom. The highest BCUT2D eigenvalue weighted by atomic mass is 31.2. The van der Waals surface area contributed by atoms with E-state index in [1.165, 1.54) is 32.0 Å². The molecule has 2 unspecified atom stereocenters. The maximum absolute atomic E-state index is 12.8. The molecule has 0 aromatic heterocycles. The van der Waals surface area contributed by atoms with Crippen LogP contribution in [0.5, 0.6) is 0 Å². The Labute approximate surface area is 155 Å². The van der Waals surface area contributed by atoms with E-state index in [2.05, 4.69) is 10.1 Å². The number of benzene rings is 1. The predicted octanol–water partition coefficient (Wildman–Crippen LogP) is 0.405. The minimum absolute atomic E-state index is 0.000446. The average Bonchev–Trinajstić information content (AvgIpc) is 2.62. The standard InChI is InChI=1S/C15H21N2O9P/c1-4-25-27(23,26-5-2)13(15(20)24-3)12(18)14(19)16-10-7-6-8-11(9-10)17(21)22/h6-9,13,17,21H,4-5H2,1-3H3,(H,16,19). The van der Waals surface area contributed by atoms with Crippen molar-refractivity contribution in [1.29, 1.82) is 0 Å². The Morgan fingerprint density at radius 3 is 2.33 bits per heavy atom. The number of esters is 1. The third-order valence-electron chi connectivity index (χ3n) is 3.20. The van der Waals surface area contributed by atoms with Gasteiger partial charge in [0, 0.05) is 17.8 Å². The number of anilines is 1. The fourth-order valence-corrected chi connectivity index (χ4v) is 3.94. The van der Waals surface area contributed by atoms with Crippen LogP contribution in [0.15, 0.2) is 24.3 Å². The lowest BCUT2D eigenvalue weighted by molar-refractivity contribution is -0.991. The molecule has 1 aromatic carbocycles. The lowest BCUT2D eigenvalue weighted by Crippen LogP contribution is -2.99. The van der Waals surface area contributed by atoms with Crippen molar-refractivity contribution >= 4 is 36.6 Å². The van der Waals surface area contributed by atoms with Gasteiger partial charge < -0.3 is 24.3 Å². The highest BCUT2D eigenvalue weighted by Gasteiger charge is 2.49. The highest BCUT2D eigenvalue weighted by Crippen LogP contribution is 2.53. The minimum Gasteiger partial charge on any atom is -0.595 e. The topological polar surface area (TPSA) is 156 Å². The SMILES string of the molecule is CCOP(=O)(OCC)C(C(=O)OC)C(=O)C(=O)Nc1cccc([NH+]([O-])O)c1. The van der Waals surface area contributed by atoms with E-state index in [1.807, 2.05) is 0 Å². The molecule has 27 heavy (non-hydrogen) atoms. The zero-order valence-electron chi connectivity index (χ0n) is 15.0. The van der Waals surface area contributed by atoms with Gasteiger partial charge in [0.15, 0.2) is 5.69 Å². The molecular formula is C15H21N2O9P.